The van der Waals surface area contributed by atoms with Crippen LogP contribution in [0.25, 0.3) is 0 Å². The van der Waals surface area contributed by atoms with Gasteiger partial charge in [0.2, 0.25) is 0 Å². The van der Waals surface area contributed by atoms with Crippen molar-refractivity contribution < 1.29 is 50.5 Å². The van der Waals surface area contributed by atoms with Gasteiger partial charge in [0.05, 0.1) is 11.1 Å². The van der Waals surface area contributed by atoms with Crippen molar-refractivity contribution in [3.05, 3.63) is 47.5 Å². The van der Waals surface area contributed by atoms with Crippen molar-refractivity contribution in [3.63, 3.8) is 0 Å². The van der Waals surface area contributed by atoms with E-state index in [1.807, 2.05) is 0 Å². The minimum Gasteiger partial charge on any atom is -0.478 e. The van der Waals surface area contributed by atoms with Crippen molar-refractivity contribution in [2.75, 3.05) is 0 Å². The molecule has 0 heterocycles. The summed E-state index contributed by atoms with van der Waals surface area (Å²) in [6, 6.07) is 3.91. The topological polar surface area (TPSA) is 65.0 Å². The molecule has 2 aromatic carbocycles. The predicted octanol–water partition coefficient (Wildman–Crippen LogP) is 4.09. The zero-order chi connectivity index (χ0) is 22.9. The highest BCUT2D eigenvalue weighted by Gasteiger charge is 2.33. The monoisotopic (exact) mass is 450 g/mol. The van der Waals surface area contributed by atoms with Crippen molar-refractivity contribution in [2.24, 2.45) is 0 Å². The second-order valence-corrected chi connectivity index (χ2v) is 5.94. The maximum atomic E-state index is 12.8. The number of halogens is 7. The van der Waals surface area contributed by atoms with Gasteiger partial charge in [0.15, 0.2) is 27.2 Å². The molecule has 0 aliphatic rings. The Morgan fingerprint density at radius 1 is 0.900 bits per heavy atom. The van der Waals surface area contributed by atoms with E-state index < -0.39 is 57.5 Å². The van der Waals surface area contributed by atoms with Crippen LogP contribution in [0.2, 0.25) is 0 Å². The van der Waals surface area contributed by atoms with Crippen molar-refractivity contribution in [2.45, 2.75) is 18.1 Å². The Kier molecular flexibility index (Phi) is 6.57. The van der Waals surface area contributed by atoms with Crippen LogP contribution in [-0.4, -0.2) is 38.0 Å². The molecule has 0 bridgehead atoms. The summed E-state index contributed by atoms with van der Waals surface area (Å²) < 4.78 is 89.3. The normalized spacial score (nSPS) is 12.4. The Labute approximate surface area is 172 Å². The second kappa shape index (κ2) is 8.31. The Hall–Kier alpha value is -2.53. The summed E-state index contributed by atoms with van der Waals surface area (Å²) >= 11 is 5.30. The van der Waals surface area contributed by atoms with Gasteiger partial charge in [-0.25, -0.2) is 0 Å². The first-order valence-corrected chi connectivity index (χ1v) is 7.91. The molecule has 1 N–H and O–H groups in total. The maximum Gasteiger partial charge on any atom is 0.573 e. The Morgan fingerprint density at radius 3 is 2.00 bits per heavy atom. The van der Waals surface area contributed by atoms with Crippen LogP contribution >= 0.6 is 11.6 Å². The van der Waals surface area contributed by atoms with Crippen LogP contribution in [0.5, 0.6) is 23.0 Å². The molecule has 2 aromatic rings. The molecule has 4 radical (unpaired) electrons. The minimum absolute atomic E-state index is 0.411. The first kappa shape index (κ1) is 23.7. The van der Waals surface area contributed by atoms with Crippen LogP contribution in [0.15, 0.2) is 36.4 Å². The maximum absolute atomic E-state index is 12.8. The summed E-state index contributed by atoms with van der Waals surface area (Å²) in [4.78, 5) is 11.5. The van der Waals surface area contributed by atoms with Gasteiger partial charge in [0.1, 0.15) is 17.1 Å². The van der Waals surface area contributed by atoms with E-state index >= 15 is 0 Å². The van der Waals surface area contributed by atoms with Crippen LogP contribution in [0.1, 0.15) is 15.9 Å². The Morgan fingerprint density at radius 2 is 1.50 bits per heavy atom. The smallest absolute Gasteiger partial charge is 0.478 e. The van der Waals surface area contributed by atoms with Gasteiger partial charge in [0, 0.05) is 6.07 Å². The van der Waals surface area contributed by atoms with E-state index in [-0.39, 0.29) is 0 Å². The van der Waals surface area contributed by atoms with Gasteiger partial charge in [-0.05, 0) is 41.9 Å². The fourth-order valence-electron chi connectivity index (χ4n) is 2.09. The van der Waals surface area contributed by atoms with Crippen LogP contribution in [0.4, 0.5) is 26.3 Å². The molecular formula is C16H7B2ClF6O5. The zero-order valence-corrected chi connectivity index (χ0v) is 15.1. The van der Waals surface area contributed by atoms with Gasteiger partial charge >= 0.3 is 12.5 Å². The molecule has 0 aliphatic heterocycles. The van der Waals surface area contributed by atoms with Gasteiger partial charge in [-0.1, -0.05) is 0 Å². The lowest BCUT2D eigenvalue weighted by atomic mass is 9.76. The SMILES string of the molecule is [B]C([B])(O)Oc1cc(OC(F)(F)F)ccc1Oc1ccc(C(F)(F)F)cc1C(=O)Cl. The van der Waals surface area contributed by atoms with E-state index in [4.69, 9.17) is 32.0 Å². The van der Waals surface area contributed by atoms with E-state index in [2.05, 4.69) is 9.47 Å². The highest BCUT2D eigenvalue weighted by molar-refractivity contribution is 6.68. The molecule has 5 nitrogen and oxygen atoms in total. The fraction of sp³-hybridized carbons (Fsp3) is 0.188. The number of rotatable bonds is 6. The molecule has 30 heavy (non-hydrogen) atoms. The number of carbonyl (C=O) groups is 1. The third kappa shape index (κ3) is 6.77. The average molecular weight is 450 g/mol. The standard InChI is InChI=1S/C16H7B2ClF6O5/c17-15(18,27)30-12-6-8(29-16(23,24)25)2-4-11(12)28-10-3-1-7(14(20,21)22)5-9(10)13(19)26/h1-6,27H. The number of carbonyl (C=O) groups excluding carboxylic acids is 1. The van der Waals surface area contributed by atoms with Crippen LogP contribution in [0.3, 0.4) is 0 Å². The molecule has 156 valence electrons. The van der Waals surface area contributed by atoms with Crippen molar-refractivity contribution in [3.8, 4) is 23.0 Å². The number of ether oxygens (including phenoxy) is 3. The highest BCUT2D eigenvalue weighted by atomic mass is 35.5. The first-order valence-electron chi connectivity index (χ1n) is 7.53. The molecule has 0 fully saturated rings. The lowest BCUT2D eigenvalue weighted by molar-refractivity contribution is -0.274. The Balaban J connectivity index is 2.49. The third-order valence-electron chi connectivity index (χ3n) is 3.16. The lowest BCUT2D eigenvalue weighted by Crippen LogP contribution is -2.36. The first-order chi connectivity index (χ1) is 13.5. The molecule has 0 aromatic heterocycles. The zero-order valence-electron chi connectivity index (χ0n) is 14.3. The van der Waals surface area contributed by atoms with E-state index in [0.717, 1.165) is 18.2 Å². The van der Waals surface area contributed by atoms with Gasteiger partial charge in [-0.2, -0.15) is 13.2 Å². The number of hydrogen-bond donors (Lipinski definition) is 1. The quantitative estimate of drug-likeness (QED) is 0.311. The highest BCUT2D eigenvalue weighted by Crippen LogP contribution is 2.40. The largest absolute Gasteiger partial charge is 0.573 e. The van der Waals surface area contributed by atoms with Crippen LogP contribution < -0.4 is 14.2 Å². The minimum atomic E-state index is -5.08. The summed E-state index contributed by atoms with van der Waals surface area (Å²) in [5.41, 5.74) is -4.79. The number of alkyl halides is 6. The lowest BCUT2D eigenvalue weighted by Gasteiger charge is -2.24. The van der Waals surface area contributed by atoms with Crippen molar-refractivity contribution in [1.29, 1.82) is 0 Å². The van der Waals surface area contributed by atoms with Gasteiger partial charge in [-0.3, -0.25) is 4.79 Å². The Bertz CT molecular complexity index is 943. The van der Waals surface area contributed by atoms with Crippen molar-refractivity contribution in [1.82, 2.24) is 0 Å². The number of hydrogen-bond acceptors (Lipinski definition) is 5. The molecule has 0 aliphatic carbocycles. The summed E-state index contributed by atoms with van der Waals surface area (Å²) in [7, 11) is 10.1. The van der Waals surface area contributed by atoms with E-state index in [0.29, 0.717) is 18.2 Å². The van der Waals surface area contributed by atoms with Crippen molar-refractivity contribution >= 4 is 32.5 Å². The number of benzene rings is 2. The molecule has 0 spiro atoms. The second-order valence-electron chi connectivity index (χ2n) is 5.59. The molecule has 0 saturated heterocycles. The molecular weight excluding hydrogens is 443 g/mol. The van der Waals surface area contributed by atoms with Gasteiger partial charge < -0.3 is 19.3 Å². The van der Waals surface area contributed by atoms with E-state index in [1.54, 1.807) is 0 Å². The predicted molar refractivity (Wildman–Crippen MR) is 91.9 cm³/mol. The molecule has 0 saturated carbocycles. The molecule has 2 rings (SSSR count). The fourth-order valence-corrected chi connectivity index (χ4v) is 2.24. The molecule has 14 heteroatoms. The average Bonchev–Trinajstić information content (AvgIpc) is 2.53. The molecule has 0 unspecified atom stereocenters. The third-order valence-corrected chi connectivity index (χ3v) is 3.36. The van der Waals surface area contributed by atoms with Crippen LogP contribution in [-0.2, 0) is 6.18 Å². The van der Waals surface area contributed by atoms with E-state index in [1.165, 1.54) is 0 Å². The van der Waals surface area contributed by atoms with E-state index in [9.17, 15) is 36.2 Å². The van der Waals surface area contributed by atoms with Crippen LogP contribution in [0, 0.1) is 0 Å². The number of aliphatic hydroxyl groups is 1. The summed E-state index contributed by atoms with van der Waals surface area (Å²) in [6.45, 7) is 0. The summed E-state index contributed by atoms with van der Waals surface area (Å²) in [5.74, 6) is -2.51. The molecule has 0 amide bonds. The summed E-state index contributed by atoms with van der Waals surface area (Å²) in [5, 5.41) is 8.05. The van der Waals surface area contributed by atoms with Gasteiger partial charge in [0.25, 0.3) is 5.24 Å². The summed E-state index contributed by atoms with van der Waals surface area (Å²) in [6.07, 6.45) is -9.87. The van der Waals surface area contributed by atoms with Gasteiger partial charge in [-0.15, -0.1) is 13.2 Å². The molecule has 0 atom stereocenters.